The van der Waals surface area contributed by atoms with Crippen molar-refractivity contribution in [2.45, 2.75) is 39.7 Å². The maximum absolute atomic E-state index is 13.5. The molecule has 1 aliphatic heterocycles. The highest BCUT2D eigenvalue weighted by molar-refractivity contribution is 6.06. The zero-order valence-electron chi connectivity index (χ0n) is 21.6. The Morgan fingerprint density at radius 2 is 1.62 bits per heavy atom. The number of benzene rings is 3. The van der Waals surface area contributed by atoms with Gasteiger partial charge in [-0.2, -0.15) is 0 Å². The van der Waals surface area contributed by atoms with E-state index in [9.17, 15) is 14.4 Å². The van der Waals surface area contributed by atoms with Gasteiger partial charge in [0.2, 0.25) is 5.91 Å². The largest absolute Gasteiger partial charge is 0.466 e. The van der Waals surface area contributed by atoms with Gasteiger partial charge in [-0.1, -0.05) is 60.2 Å². The number of anilines is 1. The zero-order chi connectivity index (χ0) is 26.2. The monoisotopic (exact) mass is 498 g/mol. The van der Waals surface area contributed by atoms with Crippen LogP contribution in [0, 0.1) is 12.8 Å². The normalized spacial score (nSPS) is 15.2. The van der Waals surface area contributed by atoms with E-state index in [-0.39, 0.29) is 30.1 Å². The number of carbonyl (C=O) groups is 3. The lowest BCUT2D eigenvalue weighted by Crippen LogP contribution is -2.43. The Morgan fingerprint density at radius 1 is 0.919 bits per heavy atom. The first-order valence-electron chi connectivity index (χ1n) is 12.9. The highest BCUT2D eigenvalue weighted by Gasteiger charge is 2.29. The van der Waals surface area contributed by atoms with Gasteiger partial charge in [-0.25, -0.2) is 0 Å². The van der Waals surface area contributed by atoms with Gasteiger partial charge in [-0.15, -0.1) is 0 Å². The van der Waals surface area contributed by atoms with Crippen LogP contribution in [0.5, 0.6) is 0 Å². The average molecular weight is 499 g/mol. The van der Waals surface area contributed by atoms with Crippen molar-refractivity contribution in [1.29, 1.82) is 0 Å². The predicted octanol–water partition coefficient (Wildman–Crippen LogP) is 5.19. The fourth-order valence-corrected chi connectivity index (χ4v) is 4.63. The molecule has 1 unspecified atom stereocenters. The quantitative estimate of drug-likeness (QED) is 0.401. The summed E-state index contributed by atoms with van der Waals surface area (Å²) in [6, 6.07) is 25.1. The second kappa shape index (κ2) is 12.3. The van der Waals surface area contributed by atoms with Gasteiger partial charge in [0.15, 0.2) is 0 Å². The van der Waals surface area contributed by atoms with Crippen LogP contribution in [0.1, 0.15) is 46.8 Å². The molecule has 192 valence electrons. The summed E-state index contributed by atoms with van der Waals surface area (Å²) in [7, 11) is 0. The van der Waals surface area contributed by atoms with Gasteiger partial charge in [0, 0.05) is 24.3 Å². The summed E-state index contributed by atoms with van der Waals surface area (Å²) in [6.45, 7) is 5.64. The van der Waals surface area contributed by atoms with E-state index in [1.807, 2.05) is 85.8 Å². The summed E-state index contributed by atoms with van der Waals surface area (Å²) in [5.74, 6) is -0.551. The third-order valence-corrected chi connectivity index (χ3v) is 6.72. The van der Waals surface area contributed by atoms with Crippen molar-refractivity contribution in [3.63, 3.8) is 0 Å². The number of ether oxygens (including phenoxy) is 1. The van der Waals surface area contributed by atoms with Gasteiger partial charge in [-0.3, -0.25) is 14.4 Å². The second-order valence-corrected chi connectivity index (χ2v) is 9.52. The number of hydrogen-bond acceptors (Lipinski definition) is 4. The van der Waals surface area contributed by atoms with E-state index in [1.165, 1.54) is 0 Å². The number of piperidine rings is 1. The molecule has 2 amide bonds. The number of esters is 1. The van der Waals surface area contributed by atoms with Gasteiger partial charge in [0.1, 0.15) is 0 Å². The predicted molar refractivity (Wildman–Crippen MR) is 144 cm³/mol. The molecule has 3 aromatic carbocycles. The molecule has 37 heavy (non-hydrogen) atoms. The summed E-state index contributed by atoms with van der Waals surface area (Å²) < 4.78 is 5.15. The Hall–Kier alpha value is -3.93. The molecule has 0 N–H and O–H groups in total. The Morgan fingerprint density at radius 3 is 2.30 bits per heavy atom. The van der Waals surface area contributed by atoms with Crippen molar-refractivity contribution in [2.75, 3.05) is 24.6 Å². The molecule has 1 fully saturated rings. The van der Waals surface area contributed by atoms with Crippen molar-refractivity contribution < 1.29 is 19.1 Å². The van der Waals surface area contributed by atoms with E-state index in [0.29, 0.717) is 31.8 Å². The Balaban J connectivity index is 1.48. The molecule has 1 aliphatic rings. The number of hydrogen-bond donors (Lipinski definition) is 0. The van der Waals surface area contributed by atoms with E-state index in [1.54, 1.807) is 16.7 Å². The molecule has 1 atom stereocenters. The third kappa shape index (κ3) is 6.85. The lowest BCUT2D eigenvalue weighted by atomic mass is 9.97. The molecule has 0 saturated carbocycles. The molecule has 1 saturated heterocycles. The van der Waals surface area contributed by atoms with Crippen molar-refractivity contribution in [1.82, 2.24) is 4.90 Å². The topological polar surface area (TPSA) is 66.9 Å². The van der Waals surface area contributed by atoms with Gasteiger partial charge in [0.05, 0.1) is 25.5 Å². The molecule has 0 radical (unpaired) electrons. The van der Waals surface area contributed by atoms with Crippen LogP contribution in [-0.4, -0.2) is 42.4 Å². The minimum absolute atomic E-state index is 0.00128. The van der Waals surface area contributed by atoms with Crippen LogP contribution >= 0.6 is 0 Å². The van der Waals surface area contributed by atoms with Gasteiger partial charge >= 0.3 is 5.97 Å². The molecule has 0 aliphatic carbocycles. The third-order valence-electron chi connectivity index (χ3n) is 6.72. The maximum atomic E-state index is 13.5. The molecule has 0 spiro atoms. The Bertz CT molecular complexity index is 1210. The Labute approximate surface area is 218 Å². The summed E-state index contributed by atoms with van der Waals surface area (Å²) in [6.07, 6.45) is 1.80. The number of carbonyl (C=O) groups excluding carboxylic acids is 3. The molecule has 3 aromatic rings. The molecule has 6 heteroatoms. The van der Waals surface area contributed by atoms with Crippen LogP contribution in [0.25, 0.3) is 0 Å². The summed E-state index contributed by atoms with van der Waals surface area (Å²) >= 11 is 0. The van der Waals surface area contributed by atoms with Crippen LogP contribution in [0.4, 0.5) is 5.69 Å². The molecule has 6 nitrogen and oxygen atoms in total. The summed E-state index contributed by atoms with van der Waals surface area (Å²) in [5.41, 5.74) is 4.40. The van der Waals surface area contributed by atoms with E-state index in [4.69, 9.17) is 4.74 Å². The number of nitrogens with zero attached hydrogens (tertiary/aromatic N) is 2. The number of aryl methyl sites for hydroxylation is 1. The smallest absolute Gasteiger partial charge is 0.310 e. The highest BCUT2D eigenvalue weighted by atomic mass is 16.5. The maximum Gasteiger partial charge on any atom is 0.310 e. The molecule has 0 bridgehead atoms. The van der Waals surface area contributed by atoms with Crippen LogP contribution < -0.4 is 4.90 Å². The second-order valence-electron chi connectivity index (χ2n) is 9.52. The van der Waals surface area contributed by atoms with Crippen molar-refractivity contribution in [3.8, 4) is 0 Å². The number of likely N-dealkylation sites (tertiary alicyclic amines) is 1. The van der Waals surface area contributed by atoms with Gasteiger partial charge < -0.3 is 14.5 Å². The molecular formula is C31H34N2O4. The van der Waals surface area contributed by atoms with E-state index < -0.39 is 0 Å². The first kappa shape index (κ1) is 26.1. The standard InChI is InChI=1S/C31H34N2O4/c1-3-37-31(36)27-10-7-19-32(22-27)29(34)20-24-13-17-28(18-14-24)33(21-25-8-5-4-6-9-25)30(35)26-15-11-23(2)12-16-26/h4-6,8-9,11-18,27H,3,7,10,19-22H2,1-2H3. The van der Waals surface area contributed by atoms with E-state index >= 15 is 0 Å². The highest BCUT2D eigenvalue weighted by Crippen LogP contribution is 2.23. The fraction of sp³-hybridized carbons (Fsp3) is 0.323. The first-order chi connectivity index (χ1) is 17.9. The van der Waals surface area contributed by atoms with Crippen molar-refractivity contribution in [3.05, 3.63) is 101 Å². The molecule has 1 heterocycles. The summed E-state index contributed by atoms with van der Waals surface area (Å²) in [4.78, 5) is 42.1. The first-order valence-corrected chi connectivity index (χ1v) is 12.9. The Kier molecular flexibility index (Phi) is 8.72. The summed E-state index contributed by atoms with van der Waals surface area (Å²) in [5, 5.41) is 0. The van der Waals surface area contributed by atoms with Gasteiger partial charge in [0.25, 0.3) is 5.91 Å². The minimum Gasteiger partial charge on any atom is -0.466 e. The van der Waals surface area contributed by atoms with Crippen LogP contribution in [0.15, 0.2) is 78.9 Å². The van der Waals surface area contributed by atoms with E-state index in [0.717, 1.165) is 35.2 Å². The van der Waals surface area contributed by atoms with Crippen molar-refractivity contribution in [2.24, 2.45) is 5.92 Å². The fourth-order valence-electron chi connectivity index (χ4n) is 4.63. The minimum atomic E-state index is -0.251. The van der Waals surface area contributed by atoms with Gasteiger partial charge in [-0.05, 0) is 62.1 Å². The number of amides is 2. The van der Waals surface area contributed by atoms with Crippen LogP contribution in [0.2, 0.25) is 0 Å². The zero-order valence-corrected chi connectivity index (χ0v) is 21.6. The molecule has 0 aromatic heterocycles. The SMILES string of the molecule is CCOC(=O)C1CCCN(C(=O)Cc2ccc(N(Cc3ccccc3)C(=O)c3ccc(C)cc3)cc2)C1. The lowest BCUT2D eigenvalue weighted by Gasteiger charge is -2.31. The van der Waals surface area contributed by atoms with Crippen molar-refractivity contribution >= 4 is 23.5 Å². The lowest BCUT2D eigenvalue weighted by molar-refractivity contribution is -0.151. The number of rotatable bonds is 8. The van der Waals surface area contributed by atoms with Crippen LogP contribution in [0.3, 0.4) is 0 Å². The average Bonchev–Trinajstić information content (AvgIpc) is 2.93. The van der Waals surface area contributed by atoms with Crippen LogP contribution in [-0.2, 0) is 27.3 Å². The molecular weight excluding hydrogens is 464 g/mol. The van der Waals surface area contributed by atoms with E-state index in [2.05, 4.69) is 0 Å². The molecule has 4 rings (SSSR count).